The molecular formula is C23H26F2N2O2. The Morgan fingerprint density at radius 3 is 2.66 bits per heavy atom. The number of rotatable bonds is 7. The van der Waals surface area contributed by atoms with Crippen molar-refractivity contribution >= 4 is 22.6 Å². The number of hydrogen-bond acceptors (Lipinski definition) is 4. The lowest BCUT2D eigenvalue weighted by Gasteiger charge is -2.30. The van der Waals surface area contributed by atoms with Gasteiger partial charge in [0.2, 0.25) is 0 Å². The van der Waals surface area contributed by atoms with Gasteiger partial charge in [-0.15, -0.1) is 0 Å². The van der Waals surface area contributed by atoms with E-state index in [1.165, 1.54) is 18.2 Å². The summed E-state index contributed by atoms with van der Waals surface area (Å²) in [6, 6.07) is 7.70. The molecule has 0 fully saturated rings. The Kier molecular flexibility index (Phi) is 6.54. The molecule has 154 valence electrons. The van der Waals surface area contributed by atoms with E-state index in [4.69, 9.17) is 9.84 Å². The van der Waals surface area contributed by atoms with E-state index in [9.17, 15) is 8.78 Å². The van der Waals surface area contributed by atoms with Crippen LogP contribution in [0.4, 0.5) is 25.8 Å². The second-order valence-corrected chi connectivity index (χ2v) is 7.01. The molecule has 0 aromatic heterocycles. The molecule has 2 aromatic rings. The van der Waals surface area contributed by atoms with Crippen molar-refractivity contribution in [2.45, 2.75) is 26.7 Å². The summed E-state index contributed by atoms with van der Waals surface area (Å²) in [6.07, 6.45) is 5.06. The number of aliphatic hydroxyl groups excluding tert-OH is 1. The highest BCUT2D eigenvalue weighted by Crippen LogP contribution is 2.43. The van der Waals surface area contributed by atoms with Gasteiger partial charge in [-0.05, 0) is 43.2 Å². The first-order valence-corrected chi connectivity index (χ1v) is 9.70. The Balaban J connectivity index is 2.08. The number of nitrogens with one attached hydrogen (secondary N) is 1. The van der Waals surface area contributed by atoms with E-state index >= 15 is 0 Å². The Labute approximate surface area is 170 Å². The number of allylic oxidation sites excluding steroid dienone is 2. The van der Waals surface area contributed by atoms with Crippen LogP contribution in [0.5, 0.6) is 0 Å². The quantitative estimate of drug-likeness (QED) is 0.603. The van der Waals surface area contributed by atoms with Gasteiger partial charge in [0.15, 0.2) is 0 Å². The number of aliphatic hydroxyl groups is 1. The van der Waals surface area contributed by atoms with Crippen molar-refractivity contribution in [1.82, 2.24) is 0 Å². The topological polar surface area (TPSA) is 44.7 Å². The standard InChI is InChI=1S/C23H26F2N2O2/c1-4-6-17-22(29-10-5-9-28)14-27(3)21-13-16(24)12-20(23(17)21)26-19-8-7-15(2)11-18(19)25/h6-8,11-14,26,28H,4-5,9-10H2,1-3H3/b17-6-. The first-order valence-electron chi connectivity index (χ1n) is 9.70. The Bertz CT molecular complexity index is 954. The largest absolute Gasteiger partial charge is 0.491 e. The Hall–Kier alpha value is -2.86. The minimum absolute atomic E-state index is 0.0389. The van der Waals surface area contributed by atoms with Crippen LogP contribution >= 0.6 is 0 Å². The molecule has 6 heteroatoms. The van der Waals surface area contributed by atoms with E-state index in [0.29, 0.717) is 30.2 Å². The molecule has 2 N–H and O–H groups in total. The first-order chi connectivity index (χ1) is 13.9. The second kappa shape index (κ2) is 9.09. The molecule has 0 bridgehead atoms. The third kappa shape index (κ3) is 4.59. The molecular weight excluding hydrogens is 374 g/mol. The van der Waals surface area contributed by atoms with Crippen LogP contribution in [0.15, 0.2) is 48.4 Å². The normalized spacial score (nSPS) is 14.6. The molecule has 1 heterocycles. The Morgan fingerprint density at radius 2 is 1.97 bits per heavy atom. The number of aryl methyl sites for hydroxylation is 1. The van der Waals surface area contributed by atoms with Crippen molar-refractivity contribution in [2.75, 3.05) is 30.5 Å². The van der Waals surface area contributed by atoms with Gasteiger partial charge < -0.3 is 20.1 Å². The van der Waals surface area contributed by atoms with Crippen LogP contribution in [0, 0.1) is 18.6 Å². The van der Waals surface area contributed by atoms with Gasteiger partial charge in [0.1, 0.15) is 17.4 Å². The van der Waals surface area contributed by atoms with Crippen molar-refractivity contribution in [3.63, 3.8) is 0 Å². The van der Waals surface area contributed by atoms with Gasteiger partial charge >= 0.3 is 0 Å². The number of benzene rings is 2. The molecule has 0 saturated carbocycles. The zero-order valence-electron chi connectivity index (χ0n) is 16.9. The average Bonchev–Trinajstić information content (AvgIpc) is 2.67. The summed E-state index contributed by atoms with van der Waals surface area (Å²) in [5.41, 5.74) is 3.77. The maximum atomic E-state index is 14.4. The van der Waals surface area contributed by atoms with Crippen molar-refractivity contribution in [3.8, 4) is 0 Å². The van der Waals surface area contributed by atoms with E-state index < -0.39 is 11.6 Å². The zero-order valence-corrected chi connectivity index (χ0v) is 16.9. The lowest BCUT2D eigenvalue weighted by Crippen LogP contribution is -2.20. The smallest absolute Gasteiger partial charge is 0.146 e. The number of hydrogen-bond donors (Lipinski definition) is 2. The molecule has 3 rings (SSSR count). The van der Waals surface area contributed by atoms with Crippen LogP contribution in [0.1, 0.15) is 30.9 Å². The number of fused-ring (bicyclic) bond motifs is 1. The second-order valence-electron chi connectivity index (χ2n) is 7.01. The molecule has 0 aliphatic carbocycles. The average molecular weight is 400 g/mol. The lowest BCUT2D eigenvalue weighted by molar-refractivity contribution is 0.185. The van der Waals surface area contributed by atoms with Gasteiger partial charge in [0.05, 0.1) is 23.7 Å². The summed E-state index contributed by atoms with van der Waals surface area (Å²) in [6.45, 7) is 4.22. The van der Waals surface area contributed by atoms with Gasteiger partial charge in [0, 0.05) is 37.4 Å². The van der Waals surface area contributed by atoms with E-state index in [0.717, 1.165) is 23.1 Å². The fourth-order valence-electron chi connectivity index (χ4n) is 3.33. The fraction of sp³-hybridized carbons (Fsp3) is 0.304. The predicted octanol–water partition coefficient (Wildman–Crippen LogP) is 5.50. The van der Waals surface area contributed by atoms with Crippen LogP contribution < -0.4 is 10.2 Å². The number of anilines is 3. The predicted molar refractivity (Wildman–Crippen MR) is 113 cm³/mol. The third-order valence-corrected chi connectivity index (χ3v) is 4.67. The van der Waals surface area contributed by atoms with E-state index in [2.05, 4.69) is 5.32 Å². The fourth-order valence-corrected chi connectivity index (χ4v) is 3.33. The van der Waals surface area contributed by atoms with Crippen molar-refractivity contribution < 1.29 is 18.6 Å². The summed E-state index contributed by atoms with van der Waals surface area (Å²) in [7, 11) is 1.81. The minimum atomic E-state index is -0.417. The van der Waals surface area contributed by atoms with Gasteiger partial charge in [-0.3, -0.25) is 0 Å². The first kappa shape index (κ1) is 20.9. The Morgan fingerprint density at radius 1 is 1.17 bits per heavy atom. The van der Waals surface area contributed by atoms with Crippen LogP contribution in [-0.4, -0.2) is 25.4 Å². The van der Waals surface area contributed by atoms with Crippen LogP contribution in [-0.2, 0) is 4.74 Å². The van der Waals surface area contributed by atoms with Gasteiger partial charge in [0.25, 0.3) is 0 Å². The van der Waals surface area contributed by atoms with Gasteiger partial charge in [-0.2, -0.15) is 0 Å². The molecule has 0 unspecified atom stereocenters. The number of nitrogens with zero attached hydrogens (tertiary/aromatic N) is 1. The van der Waals surface area contributed by atoms with Gasteiger partial charge in [-0.1, -0.05) is 19.1 Å². The molecule has 1 aliphatic rings. The molecule has 29 heavy (non-hydrogen) atoms. The molecule has 0 atom stereocenters. The zero-order chi connectivity index (χ0) is 21.0. The highest BCUT2D eigenvalue weighted by molar-refractivity contribution is 5.95. The van der Waals surface area contributed by atoms with Crippen LogP contribution in [0.25, 0.3) is 5.57 Å². The van der Waals surface area contributed by atoms with Gasteiger partial charge in [-0.25, -0.2) is 8.78 Å². The molecule has 1 aliphatic heterocycles. The summed E-state index contributed by atoms with van der Waals surface area (Å²) in [5.74, 6) is -0.183. The summed E-state index contributed by atoms with van der Waals surface area (Å²) < 4.78 is 34.7. The highest BCUT2D eigenvalue weighted by Gasteiger charge is 2.26. The number of ether oxygens (including phenoxy) is 1. The van der Waals surface area contributed by atoms with Crippen LogP contribution in [0.2, 0.25) is 0 Å². The molecule has 0 radical (unpaired) electrons. The monoisotopic (exact) mass is 400 g/mol. The van der Waals surface area contributed by atoms with E-state index in [-0.39, 0.29) is 12.3 Å². The minimum Gasteiger partial charge on any atom is -0.491 e. The molecule has 4 nitrogen and oxygen atoms in total. The van der Waals surface area contributed by atoms with Crippen LogP contribution in [0.3, 0.4) is 0 Å². The highest BCUT2D eigenvalue weighted by atomic mass is 19.1. The summed E-state index contributed by atoms with van der Waals surface area (Å²) >= 11 is 0. The van der Waals surface area contributed by atoms with Crippen molar-refractivity contribution in [2.24, 2.45) is 0 Å². The third-order valence-electron chi connectivity index (χ3n) is 4.67. The van der Waals surface area contributed by atoms with Crippen molar-refractivity contribution in [1.29, 1.82) is 0 Å². The molecule has 0 amide bonds. The lowest BCUT2D eigenvalue weighted by atomic mass is 9.95. The maximum Gasteiger partial charge on any atom is 0.146 e. The van der Waals surface area contributed by atoms with Crippen molar-refractivity contribution in [3.05, 3.63) is 71.1 Å². The SMILES string of the molecule is CC/C=C1/C(OCCCO)=CN(C)c2cc(F)cc(Nc3ccc(C)cc3F)c21. The summed E-state index contributed by atoms with van der Waals surface area (Å²) in [4.78, 5) is 1.79. The molecule has 2 aromatic carbocycles. The van der Waals surface area contributed by atoms with E-state index in [1.807, 2.05) is 27.0 Å². The molecule has 0 saturated heterocycles. The van der Waals surface area contributed by atoms with E-state index in [1.54, 1.807) is 23.2 Å². The number of halogens is 2. The molecule has 0 spiro atoms. The maximum absolute atomic E-state index is 14.4. The summed E-state index contributed by atoms with van der Waals surface area (Å²) in [5, 5.41) is 12.1.